The van der Waals surface area contributed by atoms with Crippen molar-refractivity contribution in [3.8, 4) is 6.07 Å². The number of hydrogen-bond acceptors (Lipinski definition) is 6. The Balaban J connectivity index is 1.86. The largest absolute Gasteiger partial charge is 0.465 e. The molecule has 1 aliphatic heterocycles. The quantitative estimate of drug-likeness (QED) is 0.679. The number of fused-ring (bicyclic) bond motifs is 1. The SMILES string of the molecule is CCOC(=O)[C@@H](Cc1cccc(C#N)c1)NS(=O)(=O)c1ccc2c(c1)CN(C)CC2. The molecule has 0 fully saturated rings. The van der Waals surface area contributed by atoms with Crippen LogP contribution in [0.25, 0.3) is 0 Å². The molecule has 1 aliphatic rings. The first kappa shape index (κ1) is 22.0. The van der Waals surface area contributed by atoms with Crippen LogP contribution in [0.4, 0.5) is 0 Å². The zero-order chi connectivity index (χ0) is 21.7. The summed E-state index contributed by atoms with van der Waals surface area (Å²) in [5.74, 6) is -0.652. The third kappa shape index (κ3) is 5.25. The molecular formula is C22H25N3O4S. The lowest BCUT2D eigenvalue weighted by Crippen LogP contribution is -2.43. The van der Waals surface area contributed by atoms with Gasteiger partial charge in [0.2, 0.25) is 10.0 Å². The highest BCUT2D eigenvalue weighted by Gasteiger charge is 2.28. The predicted octanol–water partition coefficient (Wildman–Crippen LogP) is 2.00. The third-order valence-electron chi connectivity index (χ3n) is 5.06. The number of carbonyl (C=O) groups is 1. The van der Waals surface area contributed by atoms with Gasteiger partial charge in [-0.05, 0) is 67.8 Å². The molecule has 0 saturated heterocycles. The molecule has 0 aromatic heterocycles. The number of nitrogens with zero attached hydrogens (tertiary/aromatic N) is 2. The summed E-state index contributed by atoms with van der Waals surface area (Å²) in [6.45, 7) is 3.42. The van der Waals surface area contributed by atoms with Gasteiger partial charge in [-0.2, -0.15) is 9.98 Å². The van der Waals surface area contributed by atoms with Gasteiger partial charge < -0.3 is 9.64 Å². The summed E-state index contributed by atoms with van der Waals surface area (Å²) in [5.41, 5.74) is 3.22. The van der Waals surface area contributed by atoms with Gasteiger partial charge >= 0.3 is 5.97 Å². The molecule has 1 heterocycles. The second kappa shape index (κ2) is 9.39. The first-order valence-corrected chi connectivity index (χ1v) is 11.3. The Morgan fingerprint density at radius 3 is 2.80 bits per heavy atom. The van der Waals surface area contributed by atoms with E-state index in [-0.39, 0.29) is 17.9 Å². The molecule has 0 unspecified atom stereocenters. The fraction of sp³-hybridized carbons (Fsp3) is 0.364. The number of likely N-dealkylation sites (N-methyl/N-ethyl adjacent to an activating group) is 1. The van der Waals surface area contributed by atoms with Crippen LogP contribution in [-0.2, 0) is 38.9 Å². The number of nitriles is 1. The zero-order valence-corrected chi connectivity index (χ0v) is 17.9. The molecule has 3 rings (SSSR count). The van der Waals surface area contributed by atoms with Crippen LogP contribution in [0.3, 0.4) is 0 Å². The lowest BCUT2D eigenvalue weighted by molar-refractivity contribution is -0.145. The zero-order valence-electron chi connectivity index (χ0n) is 17.1. The van der Waals surface area contributed by atoms with Gasteiger partial charge in [-0.15, -0.1) is 0 Å². The Labute approximate surface area is 177 Å². The third-order valence-corrected chi connectivity index (χ3v) is 6.52. The minimum absolute atomic E-state index is 0.0846. The van der Waals surface area contributed by atoms with E-state index in [9.17, 15) is 13.2 Å². The Bertz CT molecular complexity index is 1080. The van der Waals surface area contributed by atoms with Crippen LogP contribution in [-0.4, -0.2) is 45.5 Å². The lowest BCUT2D eigenvalue weighted by Gasteiger charge is -2.25. The molecule has 30 heavy (non-hydrogen) atoms. The van der Waals surface area contributed by atoms with Crippen molar-refractivity contribution in [3.05, 3.63) is 64.7 Å². The Kier molecular flexibility index (Phi) is 6.87. The highest BCUT2D eigenvalue weighted by molar-refractivity contribution is 7.89. The van der Waals surface area contributed by atoms with Crippen LogP contribution in [0, 0.1) is 11.3 Å². The van der Waals surface area contributed by atoms with Gasteiger partial charge in [0.15, 0.2) is 0 Å². The smallest absolute Gasteiger partial charge is 0.324 e. The van der Waals surface area contributed by atoms with Gasteiger partial charge in [0, 0.05) is 13.1 Å². The second-order valence-electron chi connectivity index (χ2n) is 7.36. The van der Waals surface area contributed by atoms with Crippen molar-refractivity contribution in [1.82, 2.24) is 9.62 Å². The van der Waals surface area contributed by atoms with Crippen molar-refractivity contribution in [3.63, 3.8) is 0 Å². The number of hydrogen-bond donors (Lipinski definition) is 1. The van der Waals surface area contributed by atoms with Gasteiger partial charge in [0.25, 0.3) is 0 Å². The van der Waals surface area contributed by atoms with E-state index in [0.29, 0.717) is 17.7 Å². The summed E-state index contributed by atoms with van der Waals surface area (Å²) in [7, 11) is -1.95. The maximum atomic E-state index is 13.0. The average Bonchev–Trinajstić information content (AvgIpc) is 2.73. The number of sulfonamides is 1. The van der Waals surface area contributed by atoms with E-state index in [4.69, 9.17) is 10.00 Å². The number of carbonyl (C=O) groups excluding carboxylic acids is 1. The van der Waals surface area contributed by atoms with Crippen molar-refractivity contribution in [2.45, 2.75) is 37.2 Å². The lowest BCUT2D eigenvalue weighted by atomic mass is 10.0. The fourth-order valence-electron chi connectivity index (χ4n) is 3.52. The van der Waals surface area contributed by atoms with Crippen LogP contribution in [0.2, 0.25) is 0 Å². The minimum atomic E-state index is -3.94. The summed E-state index contributed by atoms with van der Waals surface area (Å²) >= 11 is 0. The topological polar surface area (TPSA) is 99.5 Å². The Hall–Kier alpha value is -2.73. The van der Waals surface area contributed by atoms with Crippen LogP contribution in [0.15, 0.2) is 47.4 Å². The van der Waals surface area contributed by atoms with Crippen molar-refractivity contribution < 1.29 is 17.9 Å². The molecule has 2 aromatic rings. The van der Waals surface area contributed by atoms with E-state index in [1.807, 2.05) is 19.2 Å². The van der Waals surface area contributed by atoms with E-state index in [1.54, 1.807) is 43.3 Å². The van der Waals surface area contributed by atoms with Crippen LogP contribution in [0.1, 0.15) is 29.2 Å². The van der Waals surface area contributed by atoms with Crippen molar-refractivity contribution in [2.75, 3.05) is 20.2 Å². The molecule has 0 amide bonds. The number of ether oxygens (including phenoxy) is 1. The van der Waals surface area contributed by atoms with Gasteiger partial charge in [0.05, 0.1) is 23.1 Å². The predicted molar refractivity (Wildman–Crippen MR) is 112 cm³/mol. The molecule has 0 aliphatic carbocycles. The first-order chi connectivity index (χ1) is 14.3. The number of rotatable bonds is 7. The van der Waals surface area contributed by atoms with Gasteiger partial charge in [-0.25, -0.2) is 8.42 Å². The van der Waals surface area contributed by atoms with Gasteiger partial charge in [-0.3, -0.25) is 4.79 Å². The maximum Gasteiger partial charge on any atom is 0.324 e. The molecular weight excluding hydrogens is 402 g/mol. The van der Waals surface area contributed by atoms with Crippen molar-refractivity contribution in [1.29, 1.82) is 5.26 Å². The summed E-state index contributed by atoms with van der Waals surface area (Å²) < 4.78 is 33.7. The summed E-state index contributed by atoms with van der Waals surface area (Å²) in [5, 5.41) is 9.08. The van der Waals surface area contributed by atoms with Crippen LogP contribution >= 0.6 is 0 Å². The maximum absolute atomic E-state index is 13.0. The standard InChI is InChI=1S/C22H25N3O4S/c1-3-29-22(26)21(12-16-5-4-6-17(11-16)14-23)24-30(27,28)20-8-7-18-9-10-25(2)15-19(18)13-20/h4-8,11,13,21,24H,3,9-10,12,15H2,1-2H3/t21-/m1/s1. The molecule has 8 heteroatoms. The van der Waals surface area contributed by atoms with E-state index in [2.05, 4.69) is 9.62 Å². The number of nitrogens with one attached hydrogen (secondary N) is 1. The van der Waals surface area contributed by atoms with E-state index < -0.39 is 22.0 Å². The molecule has 0 spiro atoms. The monoisotopic (exact) mass is 427 g/mol. The molecule has 0 bridgehead atoms. The first-order valence-electron chi connectivity index (χ1n) is 9.80. The number of esters is 1. The summed E-state index contributed by atoms with van der Waals surface area (Å²) in [6, 6.07) is 12.8. The van der Waals surface area contributed by atoms with Gasteiger partial charge in [0.1, 0.15) is 6.04 Å². The molecule has 1 atom stereocenters. The average molecular weight is 428 g/mol. The van der Waals surface area contributed by atoms with Crippen molar-refractivity contribution >= 4 is 16.0 Å². The number of benzene rings is 2. The van der Waals surface area contributed by atoms with E-state index in [1.165, 1.54) is 0 Å². The molecule has 0 radical (unpaired) electrons. The van der Waals surface area contributed by atoms with E-state index >= 15 is 0 Å². The molecule has 7 nitrogen and oxygen atoms in total. The minimum Gasteiger partial charge on any atom is -0.465 e. The second-order valence-corrected chi connectivity index (χ2v) is 9.07. The molecule has 0 saturated carbocycles. The molecule has 2 aromatic carbocycles. The highest BCUT2D eigenvalue weighted by Crippen LogP contribution is 2.22. The van der Waals surface area contributed by atoms with Gasteiger partial charge in [-0.1, -0.05) is 18.2 Å². The molecule has 1 N–H and O–H groups in total. The summed E-state index contributed by atoms with van der Waals surface area (Å²) in [4.78, 5) is 14.7. The van der Waals surface area contributed by atoms with Crippen LogP contribution in [0.5, 0.6) is 0 Å². The Morgan fingerprint density at radius 2 is 2.07 bits per heavy atom. The van der Waals surface area contributed by atoms with Crippen LogP contribution < -0.4 is 4.72 Å². The highest BCUT2D eigenvalue weighted by atomic mass is 32.2. The normalized spacial score (nSPS) is 15.1. The van der Waals surface area contributed by atoms with E-state index in [0.717, 1.165) is 24.1 Å². The summed E-state index contributed by atoms with van der Waals surface area (Å²) in [6.07, 6.45) is 0.960. The Morgan fingerprint density at radius 1 is 1.27 bits per heavy atom. The fourth-order valence-corrected chi connectivity index (χ4v) is 4.75. The van der Waals surface area contributed by atoms with Crippen molar-refractivity contribution in [2.24, 2.45) is 0 Å². The molecule has 158 valence electrons.